The number of fused-ring (bicyclic) bond motifs is 7. The van der Waals surface area contributed by atoms with Crippen LogP contribution in [0.15, 0.2) is 127 Å². The van der Waals surface area contributed by atoms with Gasteiger partial charge >= 0.3 is 247 Å². The summed E-state index contributed by atoms with van der Waals surface area (Å²) in [5.74, 6) is 0. The fourth-order valence-corrected chi connectivity index (χ4v) is 28.6. The van der Waals surface area contributed by atoms with Gasteiger partial charge in [0.15, 0.2) is 0 Å². The second-order valence-corrected chi connectivity index (χ2v) is 43.8. The Hall–Kier alpha value is -2.74. The first-order chi connectivity index (χ1) is 19.8. The molecule has 0 bridgehead atoms. The van der Waals surface area contributed by atoms with E-state index in [4.69, 9.17) is 0 Å². The normalized spacial score (nSPS) is 15.7. The van der Waals surface area contributed by atoms with Gasteiger partial charge in [-0.15, -0.1) is 24.8 Å². The first-order valence-corrected chi connectivity index (χ1v) is 28.5. The summed E-state index contributed by atoms with van der Waals surface area (Å²) in [6.07, 6.45) is 2.54. The molecule has 2 aliphatic carbocycles. The van der Waals surface area contributed by atoms with E-state index in [2.05, 4.69) is 150 Å². The monoisotopic (exact) mass is 692 g/mol. The van der Waals surface area contributed by atoms with Crippen molar-refractivity contribution in [2.75, 3.05) is 0 Å². The fraction of sp³-hybridized carbons (Fsp3) is 0.128. The number of halogens is 2. The van der Waals surface area contributed by atoms with E-state index < -0.39 is 17.4 Å². The Balaban J connectivity index is 0.00000165. The molecule has 8 rings (SSSR count). The third kappa shape index (κ3) is 4.40. The Labute approximate surface area is 269 Å². The molecule has 43 heavy (non-hydrogen) atoms. The molecule has 0 heterocycles. The minimum absolute atomic E-state index is 0. The molecule has 0 saturated carbocycles. The van der Waals surface area contributed by atoms with Gasteiger partial charge in [0.05, 0.1) is 0 Å². The molecular formula is C39H36Cl2SiZr. The molecule has 0 aliphatic heterocycles. The quantitative estimate of drug-likeness (QED) is 0.128. The van der Waals surface area contributed by atoms with Crippen LogP contribution >= 0.6 is 24.8 Å². The summed E-state index contributed by atoms with van der Waals surface area (Å²) in [6, 6.07) is 45.8. The van der Waals surface area contributed by atoms with Gasteiger partial charge in [-0.1, -0.05) is 0 Å². The predicted molar refractivity (Wildman–Crippen MR) is 192 cm³/mol. The summed E-state index contributed by atoms with van der Waals surface area (Å²) in [6.45, 7) is 4.84. The summed E-state index contributed by atoms with van der Waals surface area (Å²) in [5.41, 5.74) is 13.2. The Kier molecular flexibility index (Phi) is 7.54. The Morgan fingerprint density at radius 1 is 0.512 bits per heavy atom. The Bertz CT molecular complexity index is 2130. The van der Waals surface area contributed by atoms with E-state index in [1.165, 1.54) is 49.4 Å². The maximum Gasteiger partial charge on any atom is -0.147 e. The van der Waals surface area contributed by atoms with E-state index >= 15 is 0 Å². The molecule has 0 saturated heterocycles. The van der Waals surface area contributed by atoms with Crippen LogP contribution in [-0.4, -0.2) is 6.88 Å². The van der Waals surface area contributed by atoms with Crippen molar-refractivity contribution in [1.29, 1.82) is 0 Å². The average molecular weight is 695 g/mol. The maximum atomic E-state index is 2.73. The van der Waals surface area contributed by atoms with Gasteiger partial charge in [0.1, 0.15) is 0 Å². The van der Waals surface area contributed by atoms with Crippen molar-refractivity contribution >= 4 is 59.3 Å². The molecule has 0 fully saturated rings. The molecule has 0 aromatic heterocycles. The molecule has 214 valence electrons. The molecular weight excluding hydrogens is 659 g/mol. The molecule has 0 amide bonds. The molecule has 0 nitrogen and oxygen atoms in total. The van der Waals surface area contributed by atoms with E-state index in [0.717, 1.165) is 0 Å². The van der Waals surface area contributed by atoms with Crippen molar-refractivity contribution in [3.63, 3.8) is 0 Å². The summed E-state index contributed by atoms with van der Waals surface area (Å²) >= 11 is -3.61. The largest absolute Gasteiger partial charge is 0.147 e. The van der Waals surface area contributed by atoms with Gasteiger partial charge < -0.3 is 0 Å². The number of hydrogen-bond acceptors (Lipinski definition) is 0. The van der Waals surface area contributed by atoms with Crippen molar-refractivity contribution in [2.45, 2.75) is 23.4 Å². The van der Waals surface area contributed by atoms with Crippen LogP contribution < -0.4 is 0 Å². The molecule has 1 unspecified atom stereocenters. The molecule has 0 N–H and O–H groups in total. The van der Waals surface area contributed by atoms with Crippen LogP contribution in [0, 0.1) is 0 Å². The average Bonchev–Trinajstić information content (AvgIpc) is 3.52. The second kappa shape index (κ2) is 10.7. The minimum Gasteiger partial charge on any atom is -0.147 e. The summed E-state index contributed by atoms with van der Waals surface area (Å²) < 4.78 is 6.48. The van der Waals surface area contributed by atoms with Crippen LogP contribution in [-0.2, 0) is 17.4 Å². The molecule has 6 aromatic rings. The molecule has 2 aliphatic rings. The topological polar surface area (TPSA) is 0 Å². The summed E-state index contributed by atoms with van der Waals surface area (Å²) in [4.78, 5) is 0. The van der Waals surface area contributed by atoms with E-state index in [9.17, 15) is 0 Å². The van der Waals surface area contributed by atoms with Gasteiger partial charge in [0.2, 0.25) is 0 Å². The van der Waals surface area contributed by atoms with Gasteiger partial charge in [-0.05, 0) is 0 Å². The van der Waals surface area contributed by atoms with Gasteiger partial charge in [-0.25, -0.2) is 0 Å². The van der Waals surface area contributed by atoms with Crippen molar-refractivity contribution in [3.05, 3.63) is 149 Å². The number of benzene rings is 6. The van der Waals surface area contributed by atoms with Gasteiger partial charge in [0, 0.05) is 0 Å². The van der Waals surface area contributed by atoms with Gasteiger partial charge in [-0.2, -0.15) is 0 Å². The van der Waals surface area contributed by atoms with Crippen molar-refractivity contribution in [1.82, 2.24) is 0 Å². The van der Waals surface area contributed by atoms with Crippen LogP contribution in [0.25, 0.3) is 49.9 Å². The zero-order chi connectivity index (χ0) is 28.0. The standard InChI is InChI=1S/C24H17.C13H9.2CH3.2ClH.H2Si.Zr/c1-16-13-17-8-6-12-22(23(17)14-16)24-15-18-7-2-3-9-19(18)20-10-4-5-11-21(20)24;1-3-7-12-10(5-1)9-11-6-2-4-8-13(11)12;;;;;;/h2-15H,1H3;1-9H;2*1H3;2*1H;1H2;. The van der Waals surface area contributed by atoms with Crippen LogP contribution in [0.5, 0.6) is 0 Å². The van der Waals surface area contributed by atoms with Crippen LogP contribution in [0.1, 0.15) is 36.4 Å². The van der Waals surface area contributed by atoms with Gasteiger partial charge in [-0.3, -0.25) is 0 Å². The van der Waals surface area contributed by atoms with Crippen LogP contribution in [0.4, 0.5) is 0 Å². The minimum atomic E-state index is -3.61. The fourth-order valence-electron chi connectivity index (χ4n) is 8.67. The van der Waals surface area contributed by atoms with E-state index in [1.54, 1.807) is 22.3 Å². The van der Waals surface area contributed by atoms with E-state index in [-0.39, 0.29) is 24.8 Å². The first-order valence-electron chi connectivity index (χ1n) is 14.8. The van der Waals surface area contributed by atoms with E-state index in [0.29, 0.717) is 7.25 Å². The Morgan fingerprint density at radius 3 is 1.70 bits per heavy atom. The third-order valence-electron chi connectivity index (χ3n) is 10.1. The van der Waals surface area contributed by atoms with Gasteiger partial charge in [0.25, 0.3) is 0 Å². The number of hydrogen-bond donors (Lipinski definition) is 0. The Morgan fingerprint density at radius 2 is 1.02 bits per heavy atom. The van der Waals surface area contributed by atoms with Crippen LogP contribution in [0.3, 0.4) is 0 Å². The summed E-state index contributed by atoms with van der Waals surface area (Å²) in [7, 11) is 0. The molecule has 1 atom stereocenters. The smallest absolute Gasteiger partial charge is 0.147 e. The second-order valence-electron chi connectivity index (χ2n) is 13.4. The number of allylic oxidation sites excluding steroid dienone is 1. The third-order valence-corrected chi connectivity index (χ3v) is 27.6. The van der Waals surface area contributed by atoms with Crippen molar-refractivity contribution in [2.24, 2.45) is 0 Å². The molecule has 6 aromatic carbocycles. The van der Waals surface area contributed by atoms with Crippen molar-refractivity contribution < 1.29 is 17.4 Å². The van der Waals surface area contributed by atoms with E-state index in [1.807, 2.05) is 0 Å². The predicted octanol–water partition coefficient (Wildman–Crippen LogP) is 11.1. The zero-order valence-corrected chi connectivity index (χ0v) is 30.3. The van der Waals surface area contributed by atoms with Crippen molar-refractivity contribution in [3.8, 4) is 22.3 Å². The number of rotatable bonds is 3. The first kappa shape index (κ1) is 30.3. The zero-order valence-electron chi connectivity index (χ0n) is 24.8. The molecule has 4 heteroatoms. The summed E-state index contributed by atoms with van der Waals surface area (Å²) in [5, 5.41) is 5.30. The maximum absolute atomic E-state index is 3.61. The molecule has 0 spiro atoms. The van der Waals surface area contributed by atoms with Crippen LogP contribution in [0.2, 0.25) is 9.26 Å². The SMILES string of the molecule is CC1=Cc2c(-c3cc4ccccc4c4ccccc34)cccc2[CH]1[Zr]([CH3])([CH3])(=[SiH2])[CH]1c2ccccc2-c2ccccc21.Cl.Cl. The molecule has 0 radical (unpaired) electrons.